The maximum absolute atomic E-state index is 10.4. The van der Waals surface area contributed by atoms with Gasteiger partial charge in [0, 0.05) is 12.2 Å². The minimum Gasteiger partial charge on any atom is -0.508 e. The Hall–Kier alpha value is -2.46. The van der Waals surface area contributed by atoms with Gasteiger partial charge >= 0.3 is 0 Å². The highest BCUT2D eigenvalue weighted by Crippen LogP contribution is 2.31. The van der Waals surface area contributed by atoms with Crippen LogP contribution in [0, 0.1) is 0 Å². The largest absolute Gasteiger partial charge is 0.508 e. The number of unbranched alkanes of at least 4 members (excludes halogenated alkanes) is 11. The molecular formula is C28H40O4. The number of phenols is 3. The summed E-state index contributed by atoms with van der Waals surface area (Å²) in [6.45, 7) is 0.323. The standard InChI is InChI=1S/C28H40O4/c29-20-12-10-8-6-4-2-1-3-5-7-9-11-13-26-27(31)21-24(22-28(26)32)15-14-23-16-18-25(30)19-17-23/h14-19,21-22,29-32H,1-13,20H2. The average Bonchev–Trinajstić information content (AvgIpc) is 2.78. The van der Waals surface area contributed by atoms with Crippen LogP contribution in [0.5, 0.6) is 17.2 Å². The molecule has 4 nitrogen and oxygen atoms in total. The number of hydrogen-bond donors (Lipinski definition) is 4. The van der Waals surface area contributed by atoms with E-state index in [0.29, 0.717) is 18.6 Å². The van der Waals surface area contributed by atoms with Gasteiger partial charge < -0.3 is 20.4 Å². The Morgan fingerprint density at radius 3 is 1.47 bits per heavy atom. The van der Waals surface area contributed by atoms with Crippen molar-refractivity contribution < 1.29 is 20.4 Å². The summed E-state index contributed by atoms with van der Waals surface area (Å²) in [5, 5.41) is 38.8. The topological polar surface area (TPSA) is 80.9 Å². The number of aromatic hydroxyl groups is 3. The molecule has 0 radical (unpaired) electrons. The van der Waals surface area contributed by atoms with E-state index in [9.17, 15) is 15.3 Å². The molecule has 0 unspecified atom stereocenters. The average molecular weight is 441 g/mol. The third-order valence-electron chi connectivity index (χ3n) is 5.92. The summed E-state index contributed by atoms with van der Waals surface area (Å²) in [7, 11) is 0. The lowest BCUT2D eigenvalue weighted by Crippen LogP contribution is -1.90. The van der Waals surface area contributed by atoms with Crippen LogP contribution < -0.4 is 0 Å². The summed E-state index contributed by atoms with van der Waals surface area (Å²) < 4.78 is 0. The van der Waals surface area contributed by atoms with Crippen molar-refractivity contribution in [1.82, 2.24) is 0 Å². The number of hydrogen-bond acceptors (Lipinski definition) is 4. The predicted molar refractivity (Wildman–Crippen MR) is 133 cm³/mol. The van der Waals surface area contributed by atoms with Crippen molar-refractivity contribution in [1.29, 1.82) is 0 Å². The van der Waals surface area contributed by atoms with Gasteiger partial charge in [0.15, 0.2) is 0 Å². The van der Waals surface area contributed by atoms with Gasteiger partial charge in [0.1, 0.15) is 17.2 Å². The van der Waals surface area contributed by atoms with Gasteiger partial charge in [0.2, 0.25) is 0 Å². The van der Waals surface area contributed by atoms with Gasteiger partial charge in [-0.25, -0.2) is 0 Å². The van der Waals surface area contributed by atoms with Crippen LogP contribution in [0.2, 0.25) is 0 Å². The molecule has 0 aromatic heterocycles. The molecule has 0 bridgehead atoms. The van der Waals surface area contributed by atoms with Gasteiger partial charge in [-0.1, -0.05) is 88.5 Å². The molecule has 2 aromatic rings. The quantitative estimate of drug-likeness (QED) is 0.164. The van der Waals surface area contributed by atoms with E-state index in [2.05, 4.69) is 0 Å². The fourth-order valence-corrected chi connectivity index (χ4v) is 3.97. The molecule has 2 rings (SSSR count). The Labute approximate surface area is 193 Å². The Morgan fingerprint density at radius 1 is 0.531 bits per heavy atom. The van der Waals surface area contributed by atoms with Gasteiger partial charge in [-0.15, -0.1) is 0 Å². The molecule has 0 fully saturated rings. The zero-order valence-electron chi connectivity index (χ0n) is 19.3. The highest BCUT2D eigenvalue weighted by Gasteiger charge is 2.09. The molecule has 32 heavy (non-hydrogen) atoms. The summed E-state index contributed by atoms with van der Waals surface area (Å²) in [5.41, 5.74) is 2.31. The maximum Gasteiger partial charge on any atom is 0.123 e. The van der Waals surface area contributed by atoms with E-state index < -0.39 is 0 Å². The normalized spacial score (nSPS) is 11.4. The predicted octanol–water partition coefficient (Wildman–Crippen LogP) is 7.19. The molecule has 176 valence electrons. The first kappa shape index (κ1) is 25.8. The van der Waals surface area contributed by atoms with Gasteiger partial charge in [-0.3, -0.25) is 0 Å². The molecule has 0 aliphatic heterocycles. The van der Waals surface area contributed by atoms with Gasteiger partial charge in [0.05, 0.1) is 0 Å². The summed E-state index contributed by atoms with van der Waals surface area (Å²) in [6.07, 6.45) is 18.8. The van der Waals surface area contributed by atoms with E-state index in [0.717, 1.165) is 36.8 Å². The maximum atomic E-state index is 10.4. The number of aliphatic hydroxyl groups excluding tert-OH is 1. The van der Waals surface area contributed by atoms with Crippen molar-refractivity contribution in [2.75, 3.05) is 6.61 Å². The molecule has 0 atom stereocenters. The second kappa shape index (κ2) is 15.4. The smallest absolute Gasteiger partial charge is 0.123 e. The first-order valence-corrected chi connectivity index (χ1v) is 12.2. The SMILES string of the molecule is OCCCCCCCCCCCCCCc1c(O)cc(C=Cc2ccc(O)cc2)cc1O. The zero-order chi connectivity index (χ0) is 23.0. The second-order valence-corrected chi connectivity index (χ2v) is 8.68. The van der Waals surface area contributed by atoms with Crippen molar-refractivity contribution in [3.05, 3.63) is 53.1 Å². The minimum absolute atomic E-state index is 0.148. The van der Waals surface area contributed by atoms with Gasteiger partial charge in [0.25, 0.3) is 0 Å². The highest BCUT2D eigenvalue weighted by atomic mass is 16.3. The Morgan fingerprint density at radius 2 is 0.969 bits per heavy atom. The third-order valence-corrected chi connectivity index (χ3v) is 5.92. The van der Waals surface area contributed by atoms with Crippen LogP contribution in [-0.2, 0) is 6.42 Å². The van der Waals surface area contributed by atoms with Crippen molar-refractivity contribution >= 4 is 12.2 Å². The summed E-state index contributed by atoms with van der Waals surface area (Å²) >= 11 is 0. The lowest BCUT2D eigenvalue weighted by Gasteiger charge is -2.09. The monoisotopic (exact) mass is 440 g/mol. The number of benzene rings is 2. The molecule has 2 aromatic carbocycles. The van der Waals surface area contributed by atoms with E-state index in [1.54, 1.807) is 36.4 Å². The fraction of sp³-hybridized carbons (Fsp3) is 0.500. The van der Waals surface area contributed by atoms with Crippen molar-refractivity contribution in [2.45, 2.75) is 83.5 Å². The molecule has 0 heterocycles. The highest BCUT2D eigenvalue weighted by molar-refractivity contribution is 5.71. The molecule has 0 aliphatic carbocycles. The third kappa shape index (κ3) is 10.2. The number of rotatable bonds is 16. The summed E-state index contributed by atoms with van der Waals surface area (Å²) in [6, 6.07) is 10.2. The first-order chi connectivity index (χ1) is 15.6. The molecule has 4 heteroatoms. The number of aliphatic hydroxyl groups is 1. The van der Waals surface area contributed by atoms with E-state index in [-0.39, 0.29) is 17.2 Å². The second-order valence-electron chi connectivity index (χ2n) is 8.68. The summed E-state index contributed by atoms with van der Waals surface area (Å²) in [4.78, 5) is 0. The molecule has 4 N–H and O–H groups in total. The van der Waals surface area contributed by atoms with Crippen molar-refractivity contribution in [3.8, 4) is 17.2 Å². The van der Waals surface area contributed by atoms with Crippen LogP contribution in [0.3, 0.4) is 0 Å². The van der Waals surface area contributed by atoms with Gasteiger partial charge in [-0.2, -0.15) is 0 Å². The van der Waals surface area contributed by atoms with E-state index in [1.165, 1.54) is 51.4 Å². The van der Waals surface area contributed by atoms with Crippen LogP contribution in [0.1, 0.15) is 93.7 Å². The Bertz CT molecular complexity index is 773. The van der Waals surface area contributed by atoms with E-state index in [1.807, 2.05) is 12.2 Å². The molecule has 0 saturated carbocycles. The lowest BCUT2D eigenvalue weighted by molar-refractivity contribution is 0.282. The molecular weight excluding hydrogens is 400 g/mol. The van der Waals surface area contributed by atoms with Crippen LogP contribution in [-0.4, -0.2) is 27.0 Å². The fourth-order valence-electron chi connectivity index (χ4n) is 3.97. The van der Waals surface area contributed by atoms with Crippen molar-refractivity contribution in [2.24, 2.45) is 0 Å². The molecule has 0 saturated heterocycles. The van der Waals surface area contributed by atoms with Crippen molar-refractivity contribution in [3.63, 3.8) is 0 Å². The molecule has 0 amide bonds. The molecule has 0 aliphatic rings. The van der Waals surface area contributed by atoms with E-state index in [4.69, 9.17) is 5.11 Å². The summed E-state index contributed by atoms with van der Waals surface area (Å²) in [5.74, 6) is 0.520. The minimum atomic E-state index is 0.148. The van der Waals surface area contributed by atoms with Crippen LogP contribution in [0.15, 0.2) is 36.4 Å². The Balaban J connectivity index is 1.61. The van der Waals surface area contributed by atoms with Crippen LogP contribution >= 0.6 is 0 Å². The van der Waals surface area contributed by atoms with Gasteiger partial charge in [-0.05, 0) is 54.7 Å². The van der Waals surface area contributed by atoms with E-state index >= 15 is 0 Å². The number of phenolic OH excluding ortho intramolecular Hbond substituents is 3. The molecule has 0 spiro atoms. The Kier molecular flexibility index (Phi) is 12.4. The zero-order valence-corrected chi connectivity index (χ0v) is 19.3. The van der Waals surface area contributed by atoms with Crippen LogP contribution in [0.4, 0.5) is 0 Å². The van der Waals surface area contributed by atoms with Crippen LogP contribution in [0.25, 0.3) is 12.2 Å². The lowest BCUT2D eigenvalue weighted by atomic mass is 10.0. The first-order valence-electron chi connectivity index (χ1n) is 12.2.